The largest absolute Gasteiger partial charge is 0.185 e. The van der Waals surface area contributed by atoms with Crippen LogP contribution in [0.3, 0.4) is 0 Å². The van der Waals surface area contributed by atoms with Gasteiger partial charge in [-0.3, -0.25) is 0 Å². The Morgan fingerprint density at radius 1 is 1.27 bits per heavy atom. The number of hydrogen-bond acceptors (Lipinski definition) is 4. The summed E-state index contributed by atoms with van der Waals surface area (Å²) in [5, 5.41) is 20.5. The maximum absolute atomic E-state index is 8.24. The van der Waals surface area contributed by atoms with E-state index in [-0.39, 0.29) is 0 Å². The quantitative estimate of drug-likeness (QED) is 0.489. The van der Waals surface area contributed by atoms with Crippen molar-refractivity contribution in [2.24, 2.45) is 5.92 Å². The molecule has 0 radical (unpaired) electrons. The molecular weight excluding hydrogens is 176 g/mol. The first kappa shape index (κ1) is 10.7. The van der Waals surface area contributed by atoms with E-state index in [9.17, 15) is 0 Å². The maximum atomic E-state index is 8.24. The van der Waals surface area contributed by atoms with Crippen molar-refractivity contribution < 1.29 is 0 Å². The summed E-state index contributed by atoms with van der Waals surface area (Å²) in [6.45, 7) is 2.10. The van der Waals surface area contributed by atoms with Gasteiger partial charge >= 0.3 is 0 Å². The summed E-state index contributed by atoms with van der Waals surface area (Å²) in [6.07, 6.45) is 1.02. The van der Waals surface area contributed by atoms with Gasteiger partial charge in [-0.05, 0) is 35.9 Å². The molecule has 11 heavy (non-hydrogen) atoms. The Hall–Kier alpha value is -0.320. The van der Waals surface area contributed by atoms with Crippen LogP contribution in [0.5, 0.6) is 0 Å². The second-order valence-electron chi connectivity index (χ2n) is 2.24. The van der Waals surface area contributed by atoms with Gasteiger partial charge in [0.15, 0.2) is 0 Å². The molecule has 0 aromatic rings. The second kappa shape index (κ2) is 7.78. The zero-order valence-corrected chi connectivity index (χ0v) is 8.04. The average molecular weight is 186 g/mol. The molecule has 0 N–H and O–H groups in total. The van der Waals surface area contributed by atoms with E-state index in [4.69, 9.17) is 10.5 Å². The van der Waals surface area contributed by atoms with Crippen LogP contribution in [-0.4, -0.2) is 11.5 Å². The lowest BCUT2D eigenvalue weighted by Crippen LogP contribution is -1.98. The molecule has 0 bridgehead atoms. The Morgan fingerprint density at radius 2 is 1.91 bits per heavy atom. The Morgan fingerprint density at radius 3 is 2.45 bits per heavy atom. The van der Waals surface area contributed by atoms with Crippen molar-refractivity contribution in [3.05, 3.63) is 0 Å². The van der Waals surface area contributed by atoms with E-state index >= 15 is 0 Å². The van der Waals surface area contributed by atoms with Gasteiger partial charge in [-0.2, -0.15) is 10.5 Å². The van der Waals surface area contributed by atoms with E-state index < -0.39 is 0 Å². The third-order valence-electron chi connectivity index (χ3n) is 1.21. The fourth-order valence-corrected chi connectivity index (χ4v) is 1.71. The lowest BCUT2D eigenvalue weighted by molar-refractivity contribution is 0.644. The predicted molar refractivity (Wildman–Crippen MR) is 49.9 cm³/mol. The van der Waals surface area contributed by atoms with E-state index in [2.05, 4.69) is 6.92 Å². The monoisotopic (exact) mass is 186 g/mol. The highest BCUT2D eigenvalue weighted by atomic mass is 32.2. The lowest BCUT2D eigenvalue weighted by Gasteiger charge is -2.04. The molecule has 0 rings (SSSR count). The Balaban J connectivity index is 3.18. The number of hydrogen-bond donors (Lipinski definition) is 0. The highest BCUT2D eigenvalue weighted by Gasteiger charge is 2.01. The summed E-state index contributed by atoms with van der Waals surface area (Å²) in [5.74, 6) is 2.30. The van der Waals surface area contributed by atoms with Crippen LogP contribution < -0.4 is 0 Å². The van der Waals surface area contributed by atoms with Crippen molar-refractivity contribution in [1.82, 2.24) is 0 Å². The molecule has 0 aromatic carbocycles. The average Bonchev–Trinajstić information content (AvgIpc) is 2.01. The lowest BCUT2D eigenvalue weighted by atomic mass is 10.2. The number of rotatable bonds is 5. The molecule has 2 nitrogen and oxygen atoms in total. The van der Waals surface area contributed by atoms with Gasteiger partial charge in [-0.15, -0.1) is 0 Å². The summed E-state index contributed by atoms with van der Waals surface area (Å²) in [4.78, 5) is 0. The molecule has 0 aromatic heterocycles. The molecule has 4 heteroatoms. The Labute approximate surface area is 76.0 Å². The van der Waals surface area contributed by atoms with Crippen LogP contribution in [0.4, 0.5) is 0 Å². The fraction of sp³-hybridized carbons (Fsp3) is 0.714. The minimum Gasteiger partial charge on any atom is -0.185 e. The Bertz CT molecular complexity index is 168. The van der Waals surface area contributed by atoms with Crippen molar-refractivity contribution in [2.75, 3.05) is 11.5 Å². The van der Waals surface area contributed by atoms with Crippen LogP contribution in [-0.2, 0) is 0 Å². The molecule has 60 valence electrons. The highest BCUT2D eigenvalue weighted by molar-refractivity contribution is 8.04. The predicted octanol–water partition coefficient (Wildman–Crippen LogP) is 2.44. The normalized spacial score (nSPS) is 11.5. The van der Waals surface area contributed by atoms with Crippen molar-refractivity contribution in [2.45, 2.75) is 13.3 Å². The van der Waals surface area contributed by atoms with Gasteiger partial charge in [0.05, 0.1) is 0 Å². The second-order valence-corrected chi connectivity index (χ2v) is 3.92. The maximum Gasteiger partial charge on any atom is 0.133 e. The fourth-order valence-electron chi connectivity index (χ4n) is 0.569. The molecule has 0 amide bonds. The molecular formula is C7H10N2S2. The van der Waals surface area contributed by atoms with E-state index in [0.717, 1.165) is 17.9 Å². The zero-order chi connectivity index (χ0) is 8.53. The van der Waals surface area contributed by atoms with Crippen molar-refractivity contribution in [3.63, 3.8) is 0 Å². The number of thiocyanates is 2. The van der Waals surface area contributed by atoms with Crippen molar-refractivity contribution >= 4 is 23.5 Å². The van der Waals surface area contributed by atoms with Crippen molar-refractivity contribution in [3.8, 4) is 10.8 Å². The van der Waals surface area contributed by atoms with Crippen LogP contribution in [0.25, 0.3) is 0 Å². The third kappa shape index (κ3) is 7.58. The van der Waals surface area contributed by atoms with E-state index in [1.54, 1.807) is 0 Å². The van der Waals surface area contributed by atoms with Crippen LogP contribution >= 0.6 is 23.5 Å². The van der Waals surface area contributed by atoms with Crippen molar-refractivity contribution in [1.29, 1.82) is 10.5 Å². The summed E-state index contributed by atoms with van der Waals surface area (Å²) in [5.41, 5.74) is 0. The van der Waals surface area contributed by atoms with Gasteiger partial charge in [0.25, 0.3) is 0 Å². The standard InChI is InChI=1S/C7H10N2S2/c1-7(4-11-6-9)2-3-10-5-8/h7H,2-4H2,1H3. The van der Waals surface area contributed by atoms with Gasteiger partial charge in [0.1, 0.15) is 10.8 Å². The highest BCUT2D eigenvalue weighted by Crippen LogP contribution is 2.13. The van der Waals surface area contributed by atoms with Gasteiger partial charge in [-0.1, -0.05) is 6.92 Å². The van der Waals surface area contributed by atoms with Crippen LogP contribution in [0, 0.1) is 27.2 Å². The van der Waals surface area contributed by atoms with E-state index in [0.29, 0.717) is 5.92 Å². The molecule has 0 saturated carbocycles. The van der Waals surface area contributed by atoms with Crippen LogP contribution in [0.2, 0.25) is 0 Å². The molecule has 0 heterocycles. The summed E-state index contributed by atoms with van der Waals surface area (Å²) in [7, 11) is 0. The van der Waals surface area contributed by atoms with E-state index in [1.165, 1.54) is 23.5 Å². The molecule has 0 spiro atoms. The van der Waals surface area contributed by atoms with Crippen LogP contribution in [0.1, 0.15) is 13.3 Å². The summed E-state index contributed by atoms with van der Waals surface area (Å²) >= 11 is 2.57. The third-order valence-corrected chi connectivity index (χ3v) is 2.64. The first-order valence-corrected chi connectivity index (χ1v) is 5.30. The van der Waals surface area contributed by atoms with E-state index in [1.807, 2.05) is 10.8 Å². The molecule has 1 unspecified atom stereocenters. The topological polar surface area (TPSA) is 47.6 Å². The minimum absolute atomic E-state index is 0.542. The molecule has 0 aliphatic heterocycles. The van der Waals surface area contributed by atoms with Gasteiger partial charge in [0.2, 0.25) is 0 Å². The SMILES string of the molecule is CC(CCSC#N)CSC#N. The molecule has 1 atom stereocenters. The molecule has 0 aliphatic carbocycles. The molecule has 0 saturated heterocycles. The van der Waals surface area contributed by atoms with Gasteiger partial charge in [-0.25, -0.2) is 0 Å². The minimum atomic E-state index is 0.542. The van der Waals surface area contributed by atoms with Gasteiger partial charge < -0.3 is 0 Å². The van der Waals surface area contributed by atoms with Gasteiger partial charge in [0, 0.05) is 11.5 Å². The Kier molecular flexibility index (Phi) is 7.56. The molecule has 0 fully saturated rings. The molecule has 0 aliphatic rings. The number of nitriles is 2. The van der Waals surface area contributed by atoms with Crippen LogP contribution in [0.15, 0.2) is 0 Å². The number of nitrogens with zero attached hydrogens (tertiary/aromatic N) is 2. The summed E-state index contributed by atoms with van der Waals surface area (Å²) < 4.78 is 0. The smallest absolute Gasteiger partial charge is 0.133 e. The zero-order valence-electron chi connectivity index (χ0n) is 6.41. The number of thioether (sulfide) groups is 2. The summed E-state index contributed by atoms with van der Waals surface area (Å²) in [6, 6.07) is 0. The first-order chi connectivity index (χ1) is 5.31. The first-order valence-electron chi connectivity index (χ1n) is 3.33.